The van der Waals surface area contributed by atoms with Crippen LogP contribution in [0, 0.1) is 0 Å². The van der Waals surface area contributed by atoms with Crippen LogP contribution < -0.4 is 10.1 Å². The summed E-state index contributed by atoms with van der Waals surface area (Å²) in [5.74, 6) is -0.138. The molecule has 2 fully saturated rings. The number of carbonyl (C=O) groups is 3. The highest BCUT2D eigenvalue weighted by atomic mass is 16.5. The van der Waals surface area contributed by atoms with Crippen molar-refractivity contribution < 1.29 is 23.9 Å². The topological polar surface area (TPSA) is 101 Å². The number of pyridine rings is 1. The number of benzene rings is 2. The highest BCUT2D eigenvalue weighted by Gasteiger charge is 2.39. The average Bonchev–Trinajstić information content (AvgIpc) is 3.47. The van der Waals surface area contributed by atoms with Gasteiger partial charge in [-0.3, -0.25) is 29.6 Å². The van der Waals surface area contributed by atoms with E-state index in [0.29, 0.717) is 25.1 Å². The number of imide groups is 1. The summed E-state index contributed by atoms with van der Waals surface area (Å²) in [4.78, 5) is 45.4. The molecule has 196 valence electrons. The lowest BCUT2D eigenvalue weighted by atomic mass is 10.0. The smallest absolute Gasteiger partial charge is 0.255 e. The number of aromatic nitrogens is 1. The Morgan fingerprint density at radius 2 is 1.95 bits per heavy atom. The number of likely N-dealkylation sites (tertiary alicyclic amines) is 1. The highest BCUT2D eigenvalue weighted by Crippen LogP contribution is 2.31. The van der Waals surface area contributed by atoms with Crippen molar-refractivity contribution in [1.82, 2.24) is 20.1 Å². The molecule has 1 N–H and O–H groups in total. The molecule has 0 spiro atoms. The first-order chi connectivity index (χ1) is 18.5. The number of amides is 3. The predicted octanol–water partition coefficient (Wildman–Crippen LogP) is 2.80. The molecule has 1 unspecified atom stereocenters. The summed E-state index contributed by atoms with van der Waals surface area (Å²) in [6, 6.07) is 15.3. The van der Waals surface area contributed by atoms with Crippen LogP contribution in [-0.4, -0.2) is 64.9 Å². The van der Waals surface area contributed by atoms with Crippen molar-refractivity contribution in [3.8, 4) is 5.75 Å². The number of nitrogens with zero attached hydrogens (tertiary/aromatic N) is 3. The van der Waals surface area contributed by atoms with Crippen molar-refractivity contribution in [2.75, 3.05) is 20.2 Å². The lowest BCUT2D eigenvalue weighted by Crippen LogP contribution is -2.52. The molecule has 2 atom stereocenters. The van der Waals surface area contributed by atoms with E-state index in [2.05, 4.69) is 34.5 Å². The highest BCUT2D eigenvalue weighted by molar-refractivity contribution is 6.05. The van der Waals surface area contributed by atoms with Crippen LogP contribution in [-0.2, 0) is 34.0 Å². The fourth-order valence-electron chi connectivity index (χ4n) is 5.64. The van der Waals surface area contributed by atoms with Crippen LogP contribution in [0.4, 0.5) is 0 Å². The van der Waals surface area contributed by atoms with E-state index in [1.54, 1.807) is 18.1 Å². The fourth-order valence-corrected chi connectivity index (χ4v) is 5.64. The van der Waals surface area contributed by atoms with Gasteiger partial charge in [-0.05, 0) is 60.4 Å². The van der Waals surface area contributed by atoms with Gasteiger partial charge in [0, 0.05) is 50.7 Å². The molecule has 3 amide bonds. The van der Waals surface area contributed by atoms with E-state index in [4.69, 9.17) is 14.5 Å². The zero-order valence-electron chi connectivity index (χ0n) is 21.3. The largest absolute Gasteiger partial charge is 0.489 e. The number of piperidine rings is 1. The van der Waals surface area contributed by atoms with Crippen molar-refractivity contribution in [1.29, 1.82) is 0 Å². The summed E-state index contributed by atoms with van der Waals surface area (Å²) >= 11 is 0. The first-order valence-corrected chi connectivity index (χ1v) is 13.0. The van der Waals surface area contributed by atoms with Crippen molar-refractivity contribution in [3.05, 3.63) is 70.9 Å². The van der Waals surface area contributed by atoms with Gasteiger partial charge in [0.2, 0.25) is 11.8 Å². The summed E-state index contributed by atoms with van der Waals surface area (Å²) in [5.41, 5.74) is 4.58. The molecular formula is C29H30N4O5. The summed E-state index contributed by atoms with van der Waals surface area (Å²) < 4.78 is 11.5. The first-order valence-electron chi connectivity index (χ1n) is 13.0. The van der Waals surface area contributed by atoms with E-state index >= 15 is 0 Å². The predicted molar refractivity (Wildman–Crippen MR) is 139 cm³/mol. The third-order valence-electron chi connectivity index (χ3n) is 7.53. The molecule has 0 bridgehead atoms. The van der Waals surface area contributed by atoms with E-state index < -0.39 is 11.9 Å². The molecule has 38 heavy (non-hydrogen) atoms. The number of nitrogens with one attached hydrogen (secondary N) is 1. The molecule has 3 aliphatic heterocycles. The Balaban J connectivity index is 1.07. The Bertz CT molecular complexity index is 1420. The molecule has 3 aliphatic rings. The lowest BCUT2D eigenvalue weighted by molar-refractivity contribution is -0.136. The van der Waals surface area contributed by atoms with Gasteiger partial charge in [-0.1, -0.05) is 12.1 Å². The molecule has 4 heterocycles. The Labute approximate surface area is 220 Å². The van der Waals surface area contributed by atoms with Crippen LogP contribution in [0.3, 0.4) is 0 Å². The molecule has 2 aromatic carbocycles. The number of carbonyl (C=O) groups excluding carboxylic acids is 3. The van der Waals surface area contributed by atoms with E-state index in [0.717, 1.165) is 59.5 Å². The second kappa shape index (κ2) is 10.2. The van der Waals surface area contributed by atoms with Crippen LogP contribution in [0.2, 0.25) is 0 Å². The summed E-state index contributed by atoms with van der Waals surface area (Å²) in [7, 11) is 1.70. The number of hydrogen-bond donors (Lipinski definition) is 1. The second-order valence-corrected chi connectivity index (χ2v) is 10.2. The number of hydrogen-bond acceptors (Lipinski definition) is 7. The van der Waals surface area contributed by atoms with E-state index in [-0.39, 0.29) is 24.3 Å². The third kappa shape index (κ3) is 4.87. The van der Waals surface area contributed by atoms with E-state index in [1.807, 2.05) is 18.2 Å². The number of methoxy groups -OCH3 is 1. The number of fused-ring (bicyclic) bond motifs is 2. The lowest BCUT2D eigenvalue weighted by Gasteiger charge is -2.29. The molecule has 9 heteroatoms. The third-order valence-corrected chi connectivity index (χ3v) is 7.53. The first kappa shape index (κ1) is 24.5. The van der Waals surface area contributed by atoms with E-state index in [9.17, 15) is 14.4 Å². The summed E-state index contributed by atoms with van der Waals surface area (Å²) in [5, 5.41) is 3.45. The second-order valence-electron chi connectivity index (χ2n) is 10.2. The van der Waals surface area contributed by atoms with Crippen LogP contribution in [0.25, 0.3) is 10.9 Å². The molecule has 0 aliphatic carbocycles. The van der Waals surface area contributed by atoms with Gasteiger partial charge in [-0.2, -0.15) is 0 Å². The molecule has 3 aromatic rings. The van der Waals surface area contributed by atoms with Crippen LogP contribution in [0.5, 0.6) is 5.75 Å². The molecule has 6 rings (SSSR count). The monoisotopic (exact) mass is 514 g/mol. The van der Waals surface area contributed by atoms with E-state index in [1.165, 1.54) is 0 Å². The van der Waals surface area contributed by atoms with Crippen molar-refractivity contribution in [2.45, 2.75) is 51.1 Å². The average molecular weight is 515 g/mol. The number of ether oxygens (including phenoxy) is 2. The minimum Gasteiger partial charge on any atom is -0.489 e. The van der Waals surface area contributed by atoms with Gasteiger partial charge in [0.25, 0.3) is 5.91 Å². The van der Waals surface area contributed by atoms with Gasteiger partial charge in [0.05, 0.1) is 17.8 Å². The van der Waals surface area contributed by atoms with Gasteiger partial charge >= 0.3 is 0 Å². The summed E-state index contributed by atoms with van der Waals surface area (Å²) in [6.45, 7) is 3.41. The standard InChI is InChI=1S/C29H30N4O5/c1-37-17-18-2-7-25-19(12-18)3-4-21(30-25)15-32-11-10-23(16-32)38-22-5-6-24-20(13-22)14-33(29(24)36)26-8-9-27(34)31-28(26)35/h2-7,12-13,23,26H,8-11,14-17H2,1H3,(H,31,34,35)/t23-,26?/m0/s1. The zero-order valence-corrected chi connectivity index (χ0v) is 21.3. The normalized spacial score (nSPS) is 21.7. The molecule has 0 saturated carbocycles. The van der Waals surface area contributed by atoms with Crippen molar-refractivity contribution in [3.63, 3.8) is 0 Å². The van der Waals surface area contributed by atoms with Gasteiger partial charge < -0.3 is 14.4 Å². The maximum atomic E-state index is 12.9. The molecule has 2 saturated heterocycles. The van der Waals surface area contributed by atoms with Crippen LogP contribution >= 0.6 is 0 Å². The van der Waals surface area contributed by atoms with Gasteiger partial charge in [-0.25, -0.2) is 0 Å². The molecule has 1 aromatic heterocycles. The van der Waals surface area contributed by atoms with Crippen LogP contribution in [0.15, 0.2) is 48.5 Å². The quantitative estimate of drug-likeness (QED) is 0.484. The Hall–Kier alpha value is -3.82. The van der Waals surface area contributed by atoms with Gasteiger partial charge in [-0.15, -0.1) is 0 Å². The maximum Gasteiger partial charge on any atom is 0.255 e. The Morgan fingerprint density at radius 1 is 1.05 bits per heavy atom. The Kier molecular flexibility index (Phi) is 6.55. The molecule has 0 radical (unpaired) electrons. The SMILES string of the molecule is COCc1ccc2nc(CN3CC[C@H](Oc4ccc5c(c4)CN(C4CCC(=O)NC4=O)C5=O)C3)ccc2c1. The van der Waals surface area contributed by atoms with Crippen molar-refractivity contribution >= 4 is 28.6 Å². The molecular weight excluding hydrogens is 484 g/mol. The Morgan fingerprint density at radius 3 is 2.79 bits per heavy atom. The maximum absolute atomic E-state index is 12.9. The number of rotatable bonds is 7. The minimum absolute atomic E-state index is 0.0495. The molecule has 9 nitrogen and oxygen atoms in total. The zero-order chi connectivity index (χ0) is 26.2. The van der Waals surface area contributed by atoms with Gasteiger partial charge in [0.1, 0.15) is 17.9 Å². The fraction of sp³-hybridized carbons (Fsp3) is 0.379. The van der Waals surface area contributed by atoms with Gasteiger partial charge in [0.15, 0.2) is 0 Å². The minimum atomic E-state index is -0.614. The van der Waals surface area contributed by atoms with Crippen LogP contribution in [0.1, 0.15) is 46.4 Å². The summed E-state index contributed by atoms with van der Waals surface area (Å²) in [6.07, 6.45) is 1.56. The van der Waals surface area contributed by atoms with Crippen molar-refractivity contribution in [2.24, 2.45) is 0 Å².